The zero-order chi connectivity index (χ0) is 9.54. The lowest BCUT2D eigenvalue weighted by Crippen LogP contribution is -1.79. The Labute approximate surface area is 80.8 Å². The third kappa shape index (κ3) is 0.865. The van der Waals surface area contributed by atoms with E-state index in [2.05, 4.69) is 21.2 Å². The molecule has 0 aliphatic heterocycles. The van der Waals surface area contributed by atoms with E-state index in [0.29, 0.717) is 0 Å². The van der Waals surface area contributed by atoms with E-state index in [9.17, 15) is 0 Å². The Morgan fingerprint density at radius 1 is 1.14 bits per heavy atom. The Morgan fingerprint density at radius 2 is 2.00 bits per heavy atom. The molecule has 0 aliphatic rings. The number of rotatable bonds is 0. The van der Waals surface area contributed by atoms with Crippen LogP contribution < -0.4 is 0 Å². The first kappa shape index (κ1) is 7.50. The summed E-state index contributed by atoms with van der Waals surface area (Å²) < 4.78 is 0. The number of pyridine rings is 1. The highest BCUT2D eigenvalue weighted by atomic mass is 15.1. The normalized spacial score (nSPS) is 11.2. The molecular formula is C11H9N3. The molecule has 0 saturated carbocycles. The van der Waals surface area contributed by atoms with Crippen molar-refractivity contribution in [3.63, 3.8) is 0 Å². The molecule has 3 nitrogen and oxygen atoms in total. The summed E-state index contributed by atoms with van der Waals surface area (Å²) in [5.41, 5.74) is 3.05. The van der Waals surface area contributed by atoms with E-state index in [-0.39, 0.29) is 0 Å². The summed E-state index contributed by atoms with van der Waals surface area (Å²) in [6.45, 7) is 2.03. The van der Waals surface area contributed by atoms with Gasteiger partial charge in [-0.15, -0.1) is 0 Å². The fourth-order valence-corrected chi connectivity index (χ4v) is 1.81. The van der Waals surface area contributed by atoms with Crippen LogP contribution in [0, 0.1) is 6.92 Å². The Hall–Kier alpha value is -1.90. The molecule has 2 heterocycles. The molecule has 3 rings (SSSR count). The van der Waals surface area contributed by atoms with Gasteiger partial charge < -0.3 is 0 Å². The minimum atomic E-state index is 0.932. The Kier molecular flexibility index (Phi) is 1.36. The van der Waals surface area contributed by atoms with Crippen molar-refractivity contribution in [3.8, 4) is 0 Å². The Bertz CT molecular complexity index is 610. The van der Waals surface area contributed by atoms with Gasteiger partial charge in [-0.3, -0.25) is 10.1 Å². The molecule has 3 aromatic rings. The first-order chi connectivity index (χ1) is 6.86. The quantitative estimate of drug-likeness (QED) is 0.581. The van der Waals surface area contributed by atoms with Crippen molar-refractivity contribution in [1.29, 1.82) is 0 Å². The van der Waals surface area contributed by atoms with Crippen molar-refractivity contribution in [1.82, 2.24) is 15.2 Å². The van der Waals surface area contributed by atoms with Crippen LogP contribution in [0.5, 0.6) is 0 Å². The predicted molar refractivity (Wildman–Crippen MR) is 56.1 cm³/mol. The molecule has 0 amide bonds. The zero-order valence-corrected chi connectivity index (χ0v) is 7.78. The van der Waals surface area contributed by atoms with Crippen LogP contribution in [0.3, 0.4) is 0 Å². The van der Waals surface area contributed by atoms with Crippen LogP contribution in [0.1, 0.15) is 5.69 Å². The van der Waals surface area contributed by atoms with Gasteiger partial charge in [0.15, 0.2) is 0 Å². The summed E-state index contributed by atoms with van der Waals surface area (Å²) in [5, 5.41) is 9.50. The standard InChI is InChI=1S/C11H9N3/c1-7-11-8-4-2-3-5-9(8)12-6-10(11)14-13-7/h2-6H,1H3,(H,13,14). The van der Waals surface area contributed by atoms with Gasteiger partial charge >= 0.3 is 0 Å². The maximum atomic E-state index is 4.34. The molecule has 2 aromatic heterocycles. The third-order valence-electron chi connectivity index (χ3n) is 2.47. The molecule has 0 fully saturated rings. The average molecular weight is 183 g/mol. The largest absolute Gasteiger partial charge is 0.282 e. The van der Waals surface area contributed by atoms with Crippen LogP contribution in [-0.4, -0.2) is 15.2 Å². The average Bonchev–Trinajstić information content (AvgIpc) is 2.61. The smallest absolute Gasteiger partial charge is 0.111 e. The van der Waals surface area contributed by atoms with Gasteiger partial charge in [0.25, 0.3) is 0 Å². The summed E-state index contributed by atoms with van der Waals surface area (Å²) in [5.74, 6) is 0. The van der Waals surface area contributed by atoms with E-state index in [1.165, 1.54) is 5.39 Å². The molecule has 0 saturated heterocycles. The molecule has 0 spiro atoms. The molecule has 0 atom stereocenters. The number of aromatic nitrogens is 3. The van der Waals surface area contributed by atoms with Crippen molar-refractivity contribution in [2.24, 2.45) is 0 Å². The first-order valence-electron chi connectivity index (χ1n) is 4.55. The maximum Gasteiger partial charge on any atom is 0.111 e. The molecule has 3 heteroatoms. The van der Waals surface area contributed by atoms with Gasteiger partial charge in [-0.25, -0.2) is 0 Å². The van der Waals surface area contributed by atoms with E-state index in [1.807, 2.05) is 25.1 Å². The fourth-order valence-electron chi connectivity index (χ4n) is 1.81. The molecule has 0 aliphatic carbocycles. The van der Waals surface area contributed by atoms with Crippen LogP contribution in [0.4, 0.5) is 0 Å². The third-order valence-corrected chi connectivity index (χ3v) is 2.47. The number of aryl methyl sites for hydroxylation is 1. The number of para-hydroxylation sites is 1. The zero-order valence-electron chi connectivity index (χ0n) is 7.78. The number of fused-ring (bicyclic) bond motifs is 3. The highest BCUT2D eigenvalue weighted by Crippen LogP contribution is 2.23. The van der Waals surface area contributed by atoms with Crippen LogP contribution in [0.15, 0.2) is 30.5 Å². The lowest BCUT2D eigenvalue weighted by atomic mass is 10.1. The first-order valence-corrected chi connectivity index (χ1v) is 4.55. The number of hydrogen-bond donors (Lipinski definition) is 1. The molecule has 0 bridgehead atoms. The lowest BCUT2D eigenvalue weighted by Gasteiger charge is -1.97. The highest BCUT2D eigenvalue weighted by molar-refractivity contribution is 6.05. The van der Waals surface area contributed by atoms with E-state index < -0.39 is 0 Å². The van der Waals surface area contributed by atoms with Crippen molar-refractivity contribution in [2.45, 2.75) is 6.92 Å². The van der Waals surface area contributed by atoms with E-state index >= 15 is 0 Å². The summed E-state index contributed by atoms with van der Waals surface area (Å²) in [6.07, 6.45) is 1.81. The minimum absolute atomic E-state index is 0.932. The number of nitrogens with zero attached hydrogens (tertiary/aromatic N) is 2. The van der Waals surface area contributed by atoms with Gasteiger partial charge in [-0.05, 0) is 13.0 Å². The Balaban J connectivity index is 2.65. The number of hydrogen-bond acceptors (Lipinski definition) is 2. The van der Waals surface area contributed by atoms with Gasteiger partial charge in [-0.1, -0.05) is 18.2 Å². The SMILES string of the molecule is Cc1[nH]nc2cnc3ccccc3c12. The van der Waals surface area contributed by atoms with E-state index in [1.54, 1.807) is 6.20 Å². The van der Waals surface area contributed by atoms with Gasteiger partial charge in [0.05, 0.1) is 11.7 Å². The van der Waals surface area contributed by atoms with E-state index in [4.69, 9.17) is 0 Å². The maximum absolute atomic E-state index is 4.34. The molecule has 68 valence electrons. The second kappa shape index (κ2) is 2.54. The van der Waals surface area contributed by atoms with Crippen molar-refractivity contribution in [2.75, 3.05) is 0 Å². The van der Waals surface area contributed by atoms with Crippen molar-refractivity contribution >= 4 is 21.8 Å². The second-order valence-corrected chi connectivity index (χ2v) is 3.38. The van der Waals surface area contributed by atoms with Crippen LogP contribution >= 0.6 is 0 Å². The van der Waals surface area contributed by atoms with Gasteiger partial charge in [0.2, 0.25) is 0 Å². The number of benzene rings is 1. The number of nitrogens with one attached hydrogen (secondary N) is 1. The minimum Gasteiger partial charge on any atom is -0.282 e. The number of H-pyrrole nitrogens is 1. The van der Waals surface area contributed by atoms with E-state index in [0.717, 1.165) is 22.1 Å². The van der Waals surface area contributed by atoms with Gasteiger partial charge in [0, 0.05) is 16.5 Å². The lowest BCUT2D eigenvalue weighted by molar-refractivity contribution is 1.07. The molecule has 14 heavy (non-hydrogen) atoms. The second-order valence-electron chi connectivity index (χ2n) is 3.38. The summed E-state index contributed by atoms with van der Waals surface area (Å²) in [4.78, 5) is 4.34. The molecule has 1 N–H and O–H groups in total. The highest BCUT2D eigenvalue weighted by Gasteiger charge is 2.05. The van der Waals surface area contributed by atoms with Crippen LogP contribution in [0.25, 0.3) is 21.8 Å². The fraction of sp³-hybridized carbons (Fsp3) is 0.0909. The monoisotopic (exact) mass is 183 g/mol. The summed E-state index contributed by atoms with van der Waals surface area (Å²) in [6, 6.07) is 8.11. The number of aromatic amines is 1. The van der Waals surface area contributed by atoms with Crippen molar-refractivity contribution < 1.29 is 0 Å². The predicted octanol–water partition coefficient (Wildman–Crippen LogP) is 2.42. The van der Waals surface area contributed by atoms with Crippen LogP contribution in [-0.2, 0) is 0 Å². The topological polar surface area (TPSA) is 41.6 Å². The summed E-state index contributed by atoms with van der Waals surface area (Å²) in [7, 11) is 0. The van der Waals surface area contributed by atoms with Gasteiger partial charge in [-0.2, -0.15) is 5.10 Å². The molecule has 1 aromatic carbocycles. The van der Waals surface area contributed by atoms with Crippen LogP contribution in [0.2, 0.25) is 0 Å². The molecular weight excluding hydrogens is 174 g/mol. The summed E-state index contributed by atoms with van der Waals surface area (Å²) >= 11 is 0. The van der Waals surface area contributed by atoms with Crippen molar-refractivity contribution in [3.05, 3.63) is 36.2 Å². The van der Waals surface area contributed by atoms with Gasteiger partial charge in [0.1, 0.15) is 5.52 Å². The molecule has 0 radical (unpaired) electrons. The Morgan fingerprint density at radius 3 is 2.93 bits per heavy atom. The molecule has 0 unspecified atom stereocenters.